The third-order valence-electron chi connectivity index (χ3n) is 4.81. The number of hydrogen-bond acceptors (Lipinski definition) is 4. The van der Waals surface area contributed by atoms with E-state index in [4.69, 9.17) is 0 Å². The Balaban J connectivity index is 1.50. The predicted molar refractivity (Wildman–Crippen MR) is 104 cm³/mol. The van der Waals surface area contributed by atoms with Gasteiger partial charge in [0.25, 0.3) is 11.7 Å². The molecule has 1 heterocycles. The number of anilines is 1. The molecule has 0 aromatic heterocycles. The molecule has 0 unspecified atom stereocenters. The molecule has 6 nitrogen and oxygen atoms in total. The molecule has 3 rings (SSSR count). The zero-order chi connectivity index (χ0) is 20.1. The zero-order valence-corrected chi connectivity index (χ0v) is 15.7. The highest BCUT2D eigenvalue weighted by Gasteiger charge is 2.24. The van der Waals surface area contributed by atoms with E-state index in [-0.39, 0.29) is 18.0 Å². The lowest BCUT2D eigenvalue weighted by molar-refractivity contribution is -0.132. The van der Waals surface area contributed by atoms with Crippen LogP contribution in [0.5, 0.6) is 0 Å². The van der Waals surface area contributed by atoms with Crippen molar-refractivity contribution < 1.29 is 18.8 Å². The van der Waals surface area contributed by atoms with E-state index in [1.165, 1.54) is 23.8 Å². The van der Waals surface area contributed by atoms with Gasteiger partial charge >= 0.3 is 0 Å². The monoisotopic (exact) mass is 383 g/mol. The fourth-order valence-electron chi connectivity index (χ4n) is 3.23. The van der Waals surface area contributed by atoms with Gasteiger partial charge in [0.05, 0.1) is 12.1 Å². The molecule has 0 saturated carbocycles. The molecule has 0 bridgehead atoms. The van der Waals surface area contributed by atoms with Crippen LogP contribution in [0.15, 0.2) is 48.5 Å². The Kier molecular flexibility index (Phi) is 6.03. The number of rotatable bonds is 5. The minimum Gasteiger partial charge on any atom is -0.368 e. The quantitative estimate of drug-likeness (QED) is 0.631. The molecule has 2 aromatic carbocycles. The molecule has 2 aromatic rings. The van der Waals surface area contributed by atoms with E-state index >= 15 is 0 Å². The van der Waals surface area contributed by atoms with Gasteiger partial charge in [-0.3, -0.25) is 14.4 Å². The van der Waals surface area contributed by atoms with Crippen molar-refractivity contribution in [1.29, 1.82) is 0 Å². The largest absolute Gasteiger partial charge is 0.368 e. The maximum Gasteiger partial charge on any atom is 0.292 e. The number of piperazine rings is 1. The molecule has 0 radical (unpaired) electrons. The minimum atomic E-state index is -0.990. The summed E-state index contributed by atoms with van der Waals surface area (Å²) < 4.78 is 13.6. The average molecular weight is 383 g/mol. The molecule has 1 aliphatic heterocycles. The Morgan fingerprint density at radius 2 is 1.61 bits per heavy atom. The normalized spacial score (nSPS) is 13.9. The van der Waals surface area contributed by atoms with E-state index in [1.54, 1.807) is 4.90 Å². The Hall–Kier alpha value is -3.22. The molecule has 1 fully saturated rings. The van der Waals surface area contributed by atoms with Crippen molar-refractivity contribution in [2.75, 3.05) is 37.6 Å². The van der Waals surface area contributed by atoms with E-state index in [0.29, 0.717) is 26.2 Å². The summed E-state index contributed by atoms with van der Waals surface area (Å²) in [4.78, 5) is 40.2. The summed E-state index contributed by atoms with van der Waals surface area (Å²) in [6, 6.07) is 13.3. The fraction of sp³-hybridized carbons (Fsp3) is 0.286. The van der Waals surface area contributed by atoms with Crippen LogP contribution in [0.3, 0.4) is 0 Å². The highest BCUT2D eigenvalue weighted by molar-refractivity contribution is 6.43. The third kappa shape index (κ3) is 4.36. The van der Waals surface area contributed by atoms with E-state index in [1.807, 2.05) is 12.1 Å². The lowest BCUT2D eigenvalue weighted by Crippen LogP contribution is -2.51. The van der Waals surface area contributed by atoms with Crippen molar-refractivity contribution in [3.05, 3.63) is 65.5 Å². The van der Waals surface area contributed by atoms with Crippen molar-refractivity contribution >= 4 is 23.3 Å². The van der Waals surface area contributed by atoms with Gasteiger partial charge in [-0.1, -0.05) is 30.3 Å². The van der Waals surface area contributed by atoms with E-state index < -0.39 is 17.5 Å². The molecule has 28 heavy (non-hydrogen) atoms. The maximum absolute atomic E-state index is 13.6. The van der Waals surface area contributed by atoms with Crippen LogP contribution in [0.25, 0.3) is 0 Å². The Bertz CT molecular complexity index is 892. The second-order valence-electron chi connectivity index (χ2n) is 6.65. The van der Waals surface area contributed by atoms with Crippen LogP contribution in [0.2, 0.25) is 0 Å². The number of halogens is 1. The van der Waals surface area contributed by atoms with Crippen LogP contribution in [0, 0.1) is 12.7 Å². The summed E-state index contributed by atoms with van der Waals surface area (Å²) in [7, 11) is 0. The number of amides is 2. The summed E-state index contributed by atoms with van der Waals surface area (Å²) in [5.74, 6) is -3.01. The molecular formula is C21H22FN3O3. The molecule has 2 amide bonds. The highest BCUT2D eigenvalue weighted by Crippen LogP contribution is 2.20. The van der Waals surface area contributed by atoms with Crippen molar-refractivity contribution in [3.8, 4) is 0 Å². The van der Waals surface area contributed by atoms with Crippen LogP contribution in [0.4, 0.5) is 10.1 Å². The van der Waals surface area contributed by atoms with Gasteiger partial charge in [-0.2, -0.15) is 0 Å². The second-order valence-corrected chi connectivity index (χ2v) is 6.65. The van der Waals surface area contributed by atoms with Gasteiger partial charge in [0.1, 0.15) is 5.82 Å². The Morgan fingerprint density at radius 1 is 0.964 bits per heavy atom. The van der Waals surface area contributed by atoms with Crippen LogP contribution >= 0.6 is 0 Å². The molecule has 0 atom stereocenters. The first kappa shape index (κ1) is 19.5. The molecule has 1 aliphatic rings. The van der Waals surface area contributed by atoms with E-state index in [9.17, 15) is 18.8 Å². The number of ketones is 1. The summed E-state index contributed by atoms with van der Waals surface area (Å²) in [5, 5.41) is 2.30. The lowest BCUT2D eigenvalue weighted by atomic mass is 10.1. The van der Waals surface area contributed by atoms with Crippen LogP contribution in [-0.4, -0.2) is 55.2 Å². The first-order valence-corrected chi connectivity index (χ1v) is 9.13. The summed E-state index contributed by atoms with van der Waals surface area (Å²) >= 11 is 0. The fourth-order valence-corrected chi connectivity index (χ4v) is 3.23. The van der Waals surface area contributed by atoms with Gasteiger partial charge < -0.3 is 15.1 Å². The molecular weight excluding hydrogens is 361 g/mol. The number of carbonyl (C=O) groups excluding carboxylic acids is 3. The van der Waals surface area contributed by atoms with Gasteiger partial charge in [0.2, 0.25) is 5.91 Å². The number of Topliss-reactive ketones (excluding diaryl/α,β-unsaturated/α-hetero) is 1. The standard InChI is InChI=1S/C21H22FN3O3/c1-15-6-2-5-9-18(15)24-10-12-25(13-11-24)19(26)14-23-21(28)20(27)16-7-3-4-8-17(16)22/h2-9H,10-14H2,1H3,(H,23,28). The highest BCUT2D eigenvalue weighted by atomic mass is 19.1. The van der Waals surface area contributed by atoms with Crippen molar-refractivity contribution in [1.82, 2.24) is 10.2 Å². The number of aryl methyl sites for hydroxylation is 1. The number of benzene rings is 2. The Labute approximate surface area is 162 Å². The van der Waals surface area contributed by atoms with Gasteiger partial charge in [-0.05, 0) is 30.7 Å². The average Bonchev–Trinajstić information content (AvgIpc) is 2.72. The number of nitrogens with zero attached hydrogens (tertiary/aromatic N) is 2. The molecule has 7 heteroatoms. The number of hydrogen-bond donors (Lipinski definition) is 1. The van der Waals surface area contributed by atoms with E-state index in [2.05, 4.69) is 29.3 Å². The maximum atomic E-state index is 13.6. The van der Waals surface area contributed by atoms with Gasteiger partial charge in [0.15, 0.2) is 0 Å². The lowest BCUT2D eigenvalue weighted by Gasteiger charge is -2.36. The predicted octanol–water partition coefficient (Wildman–Crippen LogP) is 1.78. The third-order valence-corrected chi connectivity index (χ3v) is 4.81. The van der Waals surface area contributed by atoms with Crippen LogP contribution < -0.4 is 10.2 Å². The van der Waals surface area contributed by atoms with Crippen molar-refractivity contribution in [3.63, 3.8) is 0 Å². The van der Waals surface area contributed by atoms with Gasteiger partial charge in [-0.25, -0.2) is 4.39 Å². The number of para-hydroxylation sites is 1. The summed E-state index contributed by atoms with van der Waals surface area (Å²) in [6.07, 6.45) is 0. The molecule has 0 aliphatic carbocycles. The minimum absolute atomic E-state index is 0.265. The number of carbonyl (C=O) groups is 3. The van der Waals surface area contributed by atoms with E-state index in [0.717, 1.165) is 11.8 Å². The molecule has 1 saturated heterocycles. The van der Waals surface area contributed by atoms with Gasteiger partial charge in [0, 0.05) is 31.9 Å². The first-order chi connectivity index (χ1) is 13.5. The van der Waals surface area contributed by atoms with Crippen molar-refractivity contribution in [2.45, 2.75) is 6.92 Å². The zero-order valence-electron chi connectivity index (χ0n) is 15.7. The topological polar surface area (TPSA) is 69.7 Å². The van der Waals surface area contributed by atoms with Gasteiger partial charge in [-0.15, -0.1) is 0 Å². The van der Waals surface area contributed by atoms with Crippen LogP contribution in [-0.2, 0) is 9.59 Å². The first-order valence-electron chi connectivity index (χ1n) is 9.13. The smallest absolute Gasteiger partial charge is 0.292 e. The molecule has 146 valence electrons. The SMILES string of the molecule is Cc1ccccc1N1CCN(C(=O)CNC(=O)C(=O)c2ccccc2F)CC1. The number of nitrogens with one attached hydrogen (secondary N) is 1. The molecule has 0 spiro atoms. The summed E-state index contributed by atoms with van der Waals surface area (Å²) in [5.41, 5.74) is 2.03. The van der Waals surface area contributed by atoms with Crippen molar-refractivity contribution in [2.24, 2.45) is 0 Å². The van der Waals surface area contributed by atoms with Crippen LogP contribution in [0.1, 0.15) is 15.9 Å². The summed E-state index contributed by atoms with van der Waals surface area (Å²) in [6.45, 7) is 4.21. The second kappa shape index (κ2) is 8.65. The Morgan fingerprint density at radius 3 is 2.29 bits per heavy atom. The molecule has 1 N–H and O–H groups in total.